The number of nitrogens with one attached hydrogen (secondary N) is 1. The van der Waals surface area contributed by atoms with Crippen molar-refractivity contribution in [1.29, 1.82) is 0 Å². The topological polar surface area (TPSA) is 38.3 Å². The van der Waals surface area contributed by atoms with Gasteiger partial charge in [0.1, 0.15) is 5.82 Å². The molecule has 1 heterocycles. The maximum atomic E-state index is 12.8. The Labute approximate surface area is 93.6 Å². The molecule has 2 rings (SSSR count). The minimum Gasteiger partial charge on any atom is -0.379 e. The molecule has 2 atom stereocenters. The van der Waals surface area contributed by atoms with Crippen LogP contribution in [0, 0.1) is 5.82 Å². The molecule has 16 heavy (non-hydrogen) atoms. The summed E-state index contributed by atoms with van der Waals surface area (Å²) in [6, 6.07) is 6.33. The Morgan fingerprint density at radius 2 is 2.06 bits per heavy atom. The van der Waals surface area contributed by atoms with Crippen LogP contribution in [0.4, 0.5) is 4.39 Å². The minimum atomic E-state index is -0.251. The zero-order chi connectivity index (χ0) is 11.5. The molecule has 1 N–H and O–H groups in total. The zero-order valence-corrected chi connectivity index (χ0v) is 9.07. The summed E-state index contributed by atoms with van der Waals surface area (Å²) in [4.78, 5) is 11.0. The fourth-order valence-electron chi connectivity index (χ4n) is 2.00. The first kappa shape index (κ1) is 11.1. The van der Waals surface area contributed by atoms with Crippen molar-refractivity contribution in [1.82, 2.24) is 5.32 Å². The SMILES string of the molecule is CC(=O)NC1COC[C@H]1c1ccc(F)cc1. The molecule has 86 valence electrons. The molecule has 4 heteroatoms. The van der Waals surface area contributed by atoms with Gasteiger partial charge < -0.3 is 10.1 Å². The van der Waals surface area contributed by atoms with E-state index in [2.05, 4.69) is 5.32 Å². The highest BCUT2D eigenvalue weighted by molar-refractivity contribution is 5.73. The third kappa shape index (κ3) is 2.39. The van der Waals surface area contributed by atoms with E-state index in [4.69, 9.17) is 4.74 Å². The molecule has 1 saturated heterocycles. The summed E-state index contributed by atoms with van der Waals surface area (Å²) >= 11 is 0. The Morgan fingerprint density at radius 1 is 1.38 bits per heavy atom. The van der Waals surface area contributed by atoms with Crippen LogP contribution in [0.1, 0.15) is 18.4 Å². The lowest BCUT2D eigenvalue weighted by molar-refractivity contribution is -0.119. The van der Waals surface area contributed by atoms with Crippen molar-refractivity contribution in [2.45, 2.75) is 18.9 Å². The second-order valence-corrected chi connectivity index (χ2v) is 4.00. The van der Waals surface area contributed by atoms with Crippen molar-refractivity contribution >= 4 is 5.91 Å². The monoisotopic (exact) mass is 223 g/mol. The molecule has 1 fully saturated rings. The smallest absolute Gasteiger partial charge is 0.217 e. The van der Waals surface area contributed by atoms with Crippen molar-refractivity contribution in [3.8, 4) is 0 Å². The van der Waals surface area contributed by atoms with E-state index >= 15 is 0 Å². The van der Waals surface area contributed by atoms with E-state index in [1.165, 1.54) is 19.1 Å². The van der Waals surface area contributed by atoms with E-state index < -0.39 is 0 Å². The van der Waals surface area contributed by atoms with Crippen molar-refractivity contribution < 1.29 is 13.9 Å². The van der Waals surface area contributed by atoms with E-state index in [-0.39, 0.29) is 23.7 Å². The molecule has 1 aromatic rings. The molecule has 3 nitrogen and oxygen atoms in total. The Bertz CT molecular complexity index is 377. The Balaban J connectivity index is 2.13. The molecule has 0 saturated carbocycles. The van der Waals surface area contributed by atoms with Gasteiger partial charge in [0.05, 0.1) is 19.3 Å². The van der Waals surface area contributed by atoms with Gasteiger partial charge in [0.2, 0.25) is 5.91 Å². The number of benzene rings is 1. The van der Waals surface area contributed by atoms with Crippen LogP contribution in [-0.4, -0.2) is 25.2 Å². The summed E-state index contributed by atoms with van der Waals surface area (Å²) < 4.78 is 18.1. The van der Waals surface area contributed by atoms with Gasteiger partial charge in [-0.3, -0.25) is 4.79 Å². The number of rotatable bonds is 2. The van der Waals surface area contributed by atoms with Crippen molar-refractivity contribution in [3.63, 3.8) is 0 Å². The van der Waals surface area contributed by atoms with Crippen LogP contribution in [0.3, 0.4) is 0 Å². The lowest BCUT2D eigenvalue weighted by Gasteiger charge is -2.18. The molecule has 1 aliphatic heterocycles. The number of amides is 1. The molecule has 0 aliphatic carbocycles. The first-order valence-electron chi connectivity index (χ1n) is 5.27. The molecule has 0 radical (unpaired) electrons. The summed E-state index contributed by atoms with van der Waals surface area (Å²) in [5.41, 5.74) is 0.998. The highest BCUT2D eigenvalue weighted by Crippen LogP contribution is 2.25. The van der Waals surface area contributed by atoms with E-state index in [0.29, 0.717) is 13.2 Å². The van der Waals surface area contributed by atoms with Gasteiger partial charge >= 0.3 is 0 Å². The third-order valence-electron chi connectivity index (χ3n) is 2.77. The molecular formula is C12H14FNO2. The molecule has 1 unspecified atom stereocenters. The third-order valence-corrected chi connectivity index (χ3v) is 2.77. The van der Waals surface area contributed by atoms with Crippen molar-refractivity contribution in [3.05, 3.63) is 35.6 Å². The van der Waals surface area contributed by atoms with Crippen LogP contribution in [0.25, 0.3) is 0 Å². The van der Waals surface area contributed by atoms with Crippen LogP contribution < -0.4 is 5.32 Å². The molecule has 0 spiro atoms. The minimum absolute atomic E-state index is 0.0111. The summed E-state index contributed by atoms with van der Waals surface area (Å²) in [5, 5.41) is 2.85. The average molecular weight is 223 g/mol. The second kappa shape index (κ2) is 4.61. The van der Waals surface area contributed by atoms with Crippen molar-refractivity contribution in [2.75, 3.05) is 13.2 Å². The van der Waals surface area contributed by atoms with E-state index in [1.807, 2.05) is 0 Å². The number of carbonyl (C=O) groups is 1. The number of halogens is 1. The van der Waals surface area contributed by atoms with E-state index in [0.717, 1.165) is 5.56 Å². The standard InChI is InChI=1S/C12H14FNO2/c1-8(15)14-12-7-16-6-11(12)9-2-4-10(13)5-3-9/h2-5,11-12H,6-7H2,1H3,(H,14,15)/t11-,12?/m0/s1. The Hall–Kier alpha value is -1.42. The first-order chi connectivity index (χ1) is 7.66. The van der Waals surface area contributed by atoms with Gasteiger partial charge in [-0.25, -0.2) is 4.39 Å². The summed E-state index contributed by atoms with van der Waals surface area (Å²) in [5.74, 6) is -0.203. The van der Waals surface area contributed by atoms with Gasteiger partial charge in [-0.05, 0) is 17.7 Å². The van der Waals surface area contributed by atoms with Crippen LogP contribution >= 0.6 is 0 Å². The van der Waals surface area contributed by atoms with Crippen LogP contribution in [0.15, 0.2) is 24.3 Å². The van der Waals surface area contributed by atoms with Crippen molar-refractivity contribution in [2.24, 2.45) is 0 Å². The normalized spacial score (nSPS) is 24.4. The highest BCUT2D eigenvalue weighted by atomic mass is 19.1. The summed E-state index contributed by atoms with van der Waals surface area (Å²) in [6.45, 7) is 2.57. The molecule has 0 aromatic heterocycles. The fraction of sp³-hybridized carbons (Fsp3) is 0.417. The molecule has 1 aliphatic rings. The van der Waals surface area contributed by atoms with Gasteiger partial charge in [-0.2, -0.15) is 0 Å². The van der Waals surface area contributed by atoms with Gasteiger partial charge in [0.25, 0.3) is 0 Å². The van der Waals surface area contributed by atoms with Crippen LogP contribution in [0.2, 0.25) is 0 Å². The first-order valence-corrected chi connectivity index (χ1v) is 5.27. The van der Waals surface area contributed by atoms with Gasteiger partial charge in [0.15, 0.2) is 0 Å². The fourth-order valence-corrected chi connectivity index (χ4v) is 2.00. The quantitative estimate of drug-likeness (QED) is 0.824. The Kier molecular flexibility index (Phi) is 3.19. The van der Waals surface area contributed by atoms with Gasteiger partial charge in [-0.1, -0.05) is 12.1 Å². The van der Waals surface area contributed by atoms with E-state index in [1.54, 1.807) is 12.1 Å². The van der Waals surface area contributed by atoms with E-state index in [9.17, 15) is 9.18 Å². The number of ether oxygens (including phenoxy) is 1. The van der Waals surface area contributed by atoms with Gasteiger partial charge in [-0.15, -0.1) is 0 Å². The number of carbonyl (C=O) groups excluding carboxylic acids is 1. The average Bonchev–Trinajstić information content (AvgIpc) is 2.66. The zero-order valence-electron chi connectivity index (χ0n) is 9.07. The molecular weight excluding hydrogens is 209 g/mol. The predicted octanol–water partition coefficient (Wildman–Crippen LogP) is 1.44. The molecule has 1 aromatic carbocycles. The predicted molar refractivity (Wildman–Crippen MR) is 57.6 cm³/mol. The van der Waals surface area contributed by atoms with Crippen LogP contribution in [0.5, 0.6) is 0 Å². The molecule has 0 bridgehead atoms. The second-order valence-electron chi connectivity index (χ2n) is 4.00. The summed E-state index contributed by atoms with van der Waals surface area (Å²) in [7, 11) is 0. The number of hydrogen-bond acceptors (Lipinski definition) is 2. The number of hydrogen-bond donors (Lipinski definition) is 1. The Morgan fingerprint density at radius 3 is 2.69 bits per heavy atom. The largest absolute Gasteiger partial charge is 0.379 e. The lowest BCUT2D eigenvalue weighted by Crippen LogP contribution is -2.37. The van der Waals surface area contributed by atoms with Gasteiger partial charge in [0, 0.05) is 12.8 Å². The highest BCUT2D eigenvalue weighted by Gasteiger charge is 2.29. The lowest BCUT2D eigenvalue weighted by atomic mass is 9.94. The maximum Gasteiger partial charge on any atom is 0.217 e. The maximum absolute atomic E-state index is 12.8. The van der Waals surface area contributed by atoms with Crippen LogP contribution in [-0.2, 0) is 9.53 Å². The summed E-state index contributed by atoms with van der Waals surface area (Å²) in [6.07, 6.45) is 0. The molecule has 1 amide bonds.